The second-order valence-corrected chi connectivity index (χ2v) is 6.06. The maximum atomic E-state index is 11.2. The van der Waals surface area contributed by atoms with E-state index in [0.717, 1.165) is 5.56 Å². The lowest BCUT2D eigenvalue weighted by molar-refractivity contribution is 0.476. The second-order valence-electron chi connectivity index (χ2n) is 4.49. The Hall–Kier alpha value is -1.84. The molecular weight excluding hydrogens is 280 g/mol. The molecule has 20 heavy (non-hydrogen) atoms. The molecule has 0 fully saturated rings. The smallest absolute Gasteiger partial charge is 0.238 e. The van der Waals surface area contributed by atoms with Crippen LogP contribution < -0.4 is 10.5 Å². The van der Waals surface area contributed by atoms with Crippen LogP contribution in [0.4, 0.5) is 0 Å². The molecule has 0 saturated heterocycles. The van der Waals surface area contributed by atoms with Crippen molar-refractivity contribution in [2.75, 3.05) is 0 Å². The fourth-order valence-electron chi connectivity index (χ4n) is 1.84. The number of nitrogens with two attached hydrogens (primary N) is 1. The van der Waals surface area contributed by atoms with Gasteiger partial charge in [0.05, 0.1) is 10.9 Å². The van der Waals surface area contributed by atoms with Crippen LogP contribution in [0, 0.1) is 0 Å². The van der Waals surface area contributed by atoms with Gasteiger partial charge in [-0.25, -0.2) is 13.6 Å². The summed E-state index contributed by atoms with van der Waals surface area (Å²) >= 11 is 0. The Bertz CT molecular complexity index is 653. The van der Waals surface area contributed by atoms with E-state index >= 15 is 0 Å². The highest BCUT2D eigenvalue weighted by Gasteiger charge is 2.15. The Balaban J connectivity index is 2.08. The van der Waals surface area contributed by atoms with Crippen LogP contribution in [-0.2, 0) is 10.0 Å². The minimum atomic E-state index is -3.66. The molecule has 1 aromatic heterocycles. The maximum absolute atomic E-state index is 11.2. The molecule has 0 aliphatic carbocycles. The normalized spacial score (nSPS) is 14.9. The van der Waals surface area contributed by atoms with Gasteiger partial charge in [-0.15, -0.1) is 10.2 Å². The largest absolute Gasteiger partial charge is 0.301 e. The lowest BCUT2D eigenvalue weighted by Crippen LogP contribution is -2.23. The fraction of sp³-hybridized carbons (Fsp3) is 0.364. The topological polar surface area (TPSA) is 127 Å². The van der Waals surface area contributed by atoms with Crippen molar-refractivity contribution in [1.29, 1.82) is 0 Å². The summed E-state index contributed by atoms with van der Waals surface area (Å²) in [5.74, 6) is 0.568. The number of hydrogen-bond donors (Lipinski definition) is 3. The van der Waals surface area contributed by atoms with Gasteiger partial charge in [-0.3, -0.25) is 0 Å². The fourth-order valence-corrected chi connectivity index (χ4v) is 2.36. The quantitative estimate of drug-likeness (QED) is 0.726. The van der Waals surface area contributed by atoms with E-state index in [9.17, 15) is 8.42 Å². The third-order valence-corrected chi connectivity index (χ3v) is 3.89. The number of aromatic nitrogens is 4. The van der Waals surface area contributed by atoms with E-state index in [4.69, 9.17) is 5.14 Å². The van der Waals surface area contributed by atoms with E-state index in [1.807, 2.05) is 13.8 Å². The van der Waals surface area contributed by atoms with Gasteiger partial charge in [0.25, 0.3) is 0 Å². The first-order valence-corrected chi connectivity index (χ1v) is 7.54. The number of rotatable bonds is 5. The summed E-state index contributed by atoms with van der Waals surface area (Å²) in [6.45, 7) is 3.88. The number of hydrogen-bond acceptors (Lipinski definition) is 6. The maximum Gasteiger partial charge on any atom is 0.238 e. The first-order chi connectivity index (χ1) is 9.38. The second kappa shape index (κ2) is 5.65. The third-order valence-electron chi connectivity index (χ3n) is 2.96. The van der Waals surface area contributed by atoms with Crippen LogP contribution in [0.15, 0.2) is 29.2 Å². The standard InChI is InChI=1S/C11H16N6O2S/c1-7(13-8(2)11-14-16-17-15-11)9-3-5-10(6-4-9)20(12,18)19/h3-8,13H,1-2H3,(H2,12,18,19)(H,14,15,16,17). The molecule has 0 radical (unpaired) electrons. The van der Waals surface area contributed by atoms with Crippen molar-refractivity contribution in [3.05, 3.63) is 35.7 Å². The van der Waals surface area contributed by atoms with Crippen LogP contribution >= 0.6 is 0 Å². The molecule has 0 aliphatic rings. The molecule has 2 unspecified atom stereocenters. The van der Waals surface area contributed by atoms with Crippen molar-refractivity contribution >= 4 is 10.0 Å². The number of sulfonamides is 1. The highest BCUT2D eigenvalue weighted by molar-refractivity contribution is 7.89. The molecule has 9 heteroatoms. The predicted octanol–water partition coefficient (Wildman–Crippen LogP) is 0.259. The minimum Gasteiger partial charge on any atom is -0.301 e. The highest BCUT2D eigenvalue weighted by Crippen LogP contribution is 2.18. The number of benzene rings is 1. The Morgan fingerprint density at radius 3 is 2.35 bits per heavy atom. The van der Waals surface area contributed by atoms with Crippen molar-refractivity contribution in [3.63, 3.8) is 0 Å². The number of aromatic amines is 1. The Labute approximate surface area is 116 Å². The predicted molar refractivity (Wildman–Crippen MR) is 72.0 cm³/mol. The van der Waals surface area contributed by atoms with Gasteiger partial charge in [-0.1, -0.05) is 17.3 Å². The molecule has 4 N–H and O–H groups in total. The Morgan fingerprint density at radius 1 is 1.20 bits per heavy atom. The summed E-state index contributed by atoms with van der Waals surface area (Å²) < 4.78 is 22.4. The zero-order valence-electron chi connectivity index (χ0n) is 11.1. The van der Waals surface area contributed by atoms with Crippen molar-refractivity contribution in [2.45, 2.75) is 30.8 Å². The molecule has 0 aliphatic heterocycles. The van der Waals surface area contributed by atoms with Crippen LogP contribution in [-0.4, -0.2) is 29.0 Å². The summed E-state index contributed by atoms with van der Waals surface area (Å²) in [5, 5.41) is 22.1. The van der Waals surface area contributed by atoms with Gasteiger partial charge in [-0.05, 0) is 31.5 Å². The number of primary sulfonamides is 1. The third kappa shape index (κ3) is 3.38. The zero-order valence-corrected chi connectivity index (χ0v) is 11.9. The van der Waals surface area contributed by atoms with Crippen LogP contribution in [0.2, 0.25) is 0 Å². The van der Waals surface area contributed by atoms with Gasteiger partial charge in [0.2, 0.25) is 10.0 Å². The molecule has 2 atom stereocenters. The summed E-state index contributed by atoms with van der Waals surface area (Å²) in [7, 11) is -3.66. The summed E-state index contributed by atoms with van der Waals surface area (Å²) in [5.41, 5.74) is 0.938. The van der Waals surface area contributed by atoms with E-state index in [0.29, 0.717) is 5.82 Å². The van der Waals surface area contributed by atoms with E-state index in [1.54, 1.807) is 12.1 Å². The number of tetrazole rings is 1. The van der Waals surface area contributed by atoms with Crippen molar-refractivity contribution < 1.29 is 8.42 Å². The highest BCUT2D eigenvalue weighted by atomic mass is 32.2. The Kier molecular flexibility index (Phi) is 4.12. The average Bonchev–Trinajstić information content (AvgIpc) is 2.91. The summed E-state index contributed by atoms with van der Waals surface area (Å²) in [4.78, 5) is 0.0969. The first kappa shape index (κ1) is 14.6. The van der Waals surface area contributed by atoms with E-state index in [1.165, 1.54) is 12.1 Å². The minimum absolute atomic E-state index is 0.00183. The molecular formula is C11H16N6O2S. The monoisotopic (exact) mass is 296 g/mol. The van der Waals surface area contributed by atoms with Gasteiger partial charge < -0.3 is 5.32 Å². The van der Waals surface area contributed by atoms with Crippen molar-refractivity contribution in [2.24, 2.45) is 5.14 Å². The van der Waals surface area contributed by atoms with Crippen LogP contribution in [0.1, 0.15) is 37.3 Å². The molecule has 2 rings (SSSR count). The molecule has 0 bridgehead atoms. The summed E-state index contributed by atoms with van der Waals surface area (Å²) in [6, 6.07) is 6.34. The SMILES string of the molecule is CC(NC(C)c1nn[nH]n1)c1ccc(S(N)(=O)=O)cc1. The molecule has 108 valence electrons. The number of H-pyrrole nitrogens is 1. The van der Waals surface area contributed by atoms with Gasteiger partial charge in [0, 0.05) is 6.04 Å². The molecule has 0 amide bonds. The van der Waals surface area contributed by atoms with Gasteiger partial charge in [-0.2, -0.15) is 5.21 Å². The number of nitrogens with zero attached hydrogens (tertiary/aromatic N) is 3. The van der Waals surface area contributed by atoms with Crippen LogP contribution in [0.5, 0.6) is 0 Å². The van der Waals surface area contributed by atoms with E-state index in [-0.39, 0.29) is 17.0 Å². The first-order valence-electron chi connectivity index (χ1n) is 6.00. The van der Waals surface area contributed by atoms with E-state index < -0.39 is 10.0 Å². The van der Waals surface area contributed by atoms with Gasteiger partial charge in [0.1, 0.15) is 0 Å². The lowest BCUT2D eigenvalue weighted by atomic mass is 10.1. The zero-order chi connectivity index (χ0) is 14.8. The summed E-state index contributed by atoms with van der Waals surface area (Å²) in [6.07, 6.45) is 0. The van der Waals surface area contributed by atoms with Crippen molar-refractivity contribution in [1.82, 2.24) is 25.9 Å². The van der Waals surface area contributed by atoms with Gasteiger partial charge >= 0.3 is 0 Å². The lowest BCUT2D eigenvalue weighted by Gasteiger charge is -2.18. The van der Waals surface area contributed by atoms with Crippen LogP contribution in [0.3, 0.4) is 0 Å². The molecule has 0 saturated carbocycles. The Morgan fingerprint density at radius 2 is 1.85 bits per heavy atom. The van der Waals surface area contributed by atoms with Gasteiger partial charge in [0.15, 0.2) is 5.82 Å². The van der Waals surface area contributed by atoms with Crippen molar-refractivity contribution in [3.8, 4) is 0 Å². The number of nitrogens with one attached hydrogen (secondary N) is 2. The molecule has 0 spiro atoms. The molecule has 1 heterocycles. The van der Waals surface area contributed by atoms with Crippen LogP contribution in [0.25, 0.3) is 0 Å². The van der Waals surface area contributed by atoms with E-state index in [2.05, 4.69) is 25.9 Å². The molecule has 8 nitrogen and oxygen atoms in total. The average molecular weight is 296 g/mol. The molecule has 1 aromatic carbocycles. The molecule has 2 aromatic rings.